The van der Waals surface area contributed by atoms with Gasteiger partial charge in [0, 0.05) is 31.8 Å². The normalized spacial score (nSPS) is 12.3. The molecule has 3 heterocycles. The average Bonchev–Trinajstić information content (AvgIpc) is 3.50. The number of aliphatic hydroxyl groups excluding tert-OH is 1. The maximum atomic E-state index is 9.54. The highest BCUT2D eigenvalue weighted by Crippen LogP contribution is 2.39. The summed E-state index contributed by atoms with van der Waals surface area (Å²) in [6, 6.07) is 15.6. The lowest BCUT2D eigenvalue weighted by Gasteiger charge is -2.19. The highest BCUT2D eigenvalue weighted by molar-refractivity contribution is 5.84. The molecule has 0 fully saturated rings. The van der Waals surface area contributed by atoms with Gasteiger partial charge < -0.3 is 29.0 Å². The predicted octanol–water partition coefficient (Wildman–Crippen LogP) is 3.77. The molecule has 0 spiro atoms. The van der Waals surface area contributed by atoms with Gasteiger partial charge in [-0.05, 0) is 36.8 Å². The third-order valence-corrected chi connectivity index (χ3v) is 5.94. The molecule has 2 aromatic heterocycles. The van der Waals surface area contributed by atoms with Crippen LogP contribution in [0.2, 0.25) is 0 Å². The summed E-state index contributed by atoms with van der Waals surface area (Å²) < 4.78 is 24.2. The molecule has 1 aliphatic rings. The van der Waals surface area contributed by atoms with E-state index in [0.717, 1.165) is 33.8 Å². The second-order valence-corrected chi connectivity index (χ2v) is 8.14. The van der Waals surface area contributed by atoms with Gasteiger partial charge >= 0.3 is 0 Å². The van der Waals surface area contributed by atoms with Crippen LogP contribution < -0.4 is 19.1 Å². The summed E-state index contributed by atoms with van der Waals surface area (Å²) in [6.07, 6.45) is 0. The molecule has 0 atom stereocenters. The van der Waals surface area contributed by atoms with Gasteiger partial charge in [0.1, 0.15) is 11.6 Å². The van der Waals surface area contributed by atoms with Gasteiger partial charge in [0.15, 0.2) is 17.1 Å². The number of nitrogens with zero attached hydrogens (tertiary/aromatic N) is 4. The molecule has 0 saturated heterocycles. The molecule has 1 N–H and O–H groups in total. The lowest BCUT2D eigenvalue weighted by molar-refractivity contribution is 0.131. The van der Waals surface area contributed by atoms with E-state index in [1.165, 1.54) is 0 Å². The monoisotopic (exact) mass is 476 g/mol. The number of anilines is 1. The maximum Gasteiger partial charge on any atom is 0.231 e. The van der Waals surface area contributed by atoms with Crippen molar-refractivity contribution in [2.75, 3.05) is 45.6 Å². The molecule has 4 aromatic rings. The Balaban J connectivity index is 1.78. The molecule has 2 aromatic carbocycles. The topological polar surface area (TPSA) is 90.6 Å². The van der Waals surface area contributed by atoms with Gasteiger partial charge in [0.25, 0.3) is 0 Å². The number of ether oxygens (including phenoxy) is 4. The van der Waals surface area contributed by atoms with Crippen LogP contribution in [0.5, 0.6) is 17.2 Å². The van der Waals surface area contributed by atoms with Crippen LogP contribution in [0, 0.1) is 0 Å². The van der Waals surface area contributed by atoms with Crippen molar-refractivity contribution in [3.63, 3.8) is 0 Å². The Morgan fingerprint density at radius 1 is 1.09 bits per heavy atom. The number of hydrogen-bond donors (Lipinski definition) is 1. The molecular formula is C26H28N4O5. The molecule has 5 rings (SSSR count). The van der Waals surface area contributed by atoms with Crippen LogP contribution in [-0.4, -0.2) is 60.4 Å². The second-order valence-electron chi connectivity index (χ2n) is 8.14. The molecular weight excluding hydrogens is 448 g/mol. The molecule has 0 bridgehead atoms. The molecule has 1 aliphatic heterocycles. The molecule has 0 aliphatic carbocycles. The van der Waals surface area contributed by atoms with Crippen LogP contribution >= 0.6 is 0 Å². The molecule has 9 heteroatoms. The fraction of sp³-hybridized carbons (Fsp3) is 0.308. The van der Waals surface area contributed by atoms with Crippen LogP contribution in [0.4, 0.5) is 5.82 Å². The fourth-order valence-electron chi connectivity index (χ4n) is 4.14. The Labute approximate surface area is 203 Å². The first-order valence-corrected chi connectivity index (χ1v) is 11.5. The summed E-state index contributed by atoms with van der Waals surface area (Å²) in [5.41, 5.74) is 4.99. The number of aliphatic hydroxyl groups is 1. The smallest absolute Gasteiger partial charge is 0.231 e. The van der Waals surface area contributed by atoms with Gasteiger partial charge in [-0.3, -0.25) is 0 Å². The molecule has 0 amide bonds. The maximum absolute atomic E-state index is 9.54. The molecule has 0 saturated carbocycles. The van der Waals surface area contributed by atoms with Crippen molar-refractivity contribution < 1.29 is 24.1 Å². The predicted molar refractivity (Wildman–Crippen MR) is 132 cm³/mol. The van der Waals surface area contributed by atoms with Crippen molar-refractivity contribution in [3.05, 3.63) is 54.2 Å². The van der Waals surface area contributed by atoms with Crippen LogP contribution in [0.25, 0.3) is 28.0 Å². The van der Waals surface area contributed by atoms with Gasteiger partial charge in [-0.2, -0.15) is 5.10 Å². The van der Waals surface area contributed by atoms with Crippen molar-refractivity contribution in [1.29, 1.82) is 0 Å². The number of benzene rings is 2. The minimum atomic E-state index is 0.0156. The molecule has 9 nitrogen and oxygen atoms in total. The summed E-state index contributed by atoms with van der Waals surface area (Å²) in [6.45, 7) is 3.52. The number of fused-ring (bicyclic) bond motifs is 2. The largest absolute Gasteiger partial charge is 0.497 e. The van der Waals surface area contributed by atoms with Crippen molar-refractivity contribution in [3.8, 4) is 39.6 Å². The fourth-order valence-corrected chi connectivity index (χ4v) is 4.14. The van der Waals surface area contributed by atoms with E-state index in [2.05, 4.69) is 0 Å². The SMILES string of the molecule is CCOCc1nn2c(-c3cccc(OC)c3)cc(N(C)CCO)nc2c1-c1ccc2c(c1)OCO2. The quantitative estimate of drug-likeness (QED) is 0.391. The van der Waals surface area contributed by atoms with Crippen LogP contribution in [-0.2, 0) is 11.3 Å². The Bertz CT molecular complexity index is 1350. The molecule has 0 unspecified atom stereocenters. The highest BCUT2D eigenvalue weighted by Gasteiger charge is 2.23. The lowest BCUT2D eigenvalue weighted by atomic mass is 10.0. The minimum absolute atomic E-state index is 0.0156. The standard InChI is InChI=1S/C26H28N4O5/c1-4-33-15-20-25(18-8-9-22-23(13-18)35-16-34-22)26-27-24(29(2)10-11-31)14-21(30(26)28-20)17-6-5-7-19(12-17)32-3/h5-9,12-14,31H,4,10-11,15-16H2,1-3H3. The van der Waals surface area contributed by atoms with Crippen molar-refractivity contribution in [2.45, 2.75) is 13.5 Å². The van der Waals surface area contributed by atoms with Gasteiger partial charge in [0.05, 0.1) is 37.3 Å². The minimum Gasteiger partial charge on any atom is -0.497 e. The van der Waals surface area contributed by atoms with Crippen LogP contribution in [0.15, 0.2) is 48.5 Å². The van der Waals surface area contributed by atoms with Crippen molar-refractivity contribution in [1.82, 2.24) is 14.6 Å². The molecule has 35 heavy (non-hydrogen) atoms. The number of methoxy groups -OCH3 is 1. The Kier molecular flexibility index (Phi) is 6.43. The van der Waals surface area contributed by atoms with E-state index < -0.39 is 0 Å². The zero-order valence-electron chi connectivity index (χ0n) is 20.0. The zero-order valence-corrected chi connectivity index (χ0v) is 20.0. The van der Waals surface area contributed by atoms with Crippen molar-refractivity contribution in [2.24, 2.45) is 0 Å². The van der Waals surface area contributed by atoms with E-state index in [1.807, 2.05) is 71.9 Å². The lowest BCUT2D eigenvalue weighted by Crippen LogP contribution is -2.22. The van der Waals surface area contributed by atoms with E-state index in [-0.39, 0.29) is 13.4 Å². The van der Waals surface area contributed by atoms with Gasteiger partial charge in [0.2, 0.25) is 6.79 Å². The Morgan fingerprint density at radius 3 is 2.74 bits per heavy atom. The van der Waals surface area contributed by atoms with E-state index in [1.54, 1.807) is 7.11 Å². The summed E-state index contributed by atoms with van der Waals surface area (Å²) >= 11 is 0. The van der Waals surface area contributed by atoms with E-state index in [4.69, 9.17) is 29.0 Å². The van der Waals surface area contributed by atoms with E-state index in [0.29, 0.717) is 42.7 Å². The van der Waals surface area contributed by atoms with Crippen molar-refractivity contribution >= 4 is 11.5 Å². The van der Waals surface area contributed by atoms with Gasteiger partial charge in [-0.25, -0.2) is 9.50 Å². The van der Waals surface area contributed by atoms with Gasteiger partial charge in [-0.1, -0.05) is 18.2 Å². The first-order valence-electron chi connectivity index (χ1n) is 11.5. The number of rotatable bonds is 9. The third-order valence-electron chi connectivity index (χ3n) is 5.94. The van der Waals surface area contributed by atoms with E-state index >= 15 is 0 Å². The average molecular weight is 477 g/mol. The second kappa shape index (κ2) is 9.81. The number of aromatic nitrogens is 3. The first-order chi connectivity index (χ1) is 17.1. The van der Waals surface area contributed by atoms with Crippen LogP contribution in [0.3, 0.4) is 0 Å². The Morgan fingerprint density at radius 2 is 1.94 bits per heavy atom. The number of likely N-dealkylation sites (N-methyl/N-ethyl adjacent to an activating group) is 1. The summed E-state index contributed by atoms with van der Waals surface area (Å²) in [4.78, 5) is 6.90. The van der Waals surface area contributed by atoms with Gasteiger partial charge in [-0.15, -0.1) is 0 Å². The Hall–Kier alpha value is -3.82. The third kappa shape index (κ3) is 4.36. The molecule has 182 valence electrons. The number of hydrogen-bond acceptors (Lipinski definition) is 8. The zero-order chi connectivity index (χ0) is 24.4. The van der Waals surface area contributed by atoms with Crippen LogP contribution in [0.1, 0.15) is 12.6 Å². The summed E-state index contributed by atoms with van der Waals surface area (Å²) in [5, 5.41) is 14.5. The first kappa shape index (κ1) is 22.9. The molecule has 0 radical (unpaired) electrons. The van der Waals surface area contributed by atoms with E-state index in [9.17, 15) is 5.11 Å². The summed E-state index contributed by atoms with van der Waals surface area (Å²) in [5.74, 6) is 2.86. The summed E-state index contributed by atoms with van der Waals surface area (Å²) in [7, 11) is 3.55. The highest BCUT2D eigenvalue weighted by atomic mass is 16.7.